The summed E-state index contributed by atoms with van der Waals surface area (Å²) in [5.74, 6) is -0.0863. The van der Waals surface area contributed by atoms with E-state index in [1.807, 2.05) is 31.2 Å². The van der Waals surface area contributed by atoms with Crippen LogP contribution < -0.4 is 15.4 Å². The molecule has 0 spiro atoms. The van der Waals surface area contributed by atoms with Gasteiger partial charge in [-0.25, -0.2) is 4.98 Å². The van der Waals surface area contributed by atoms with Gasteiger partial charge < -0.3 is 20.3 Å². The molecular weight excluding hydrogens is 392 g/mol. The third-order valence-corrected chi connectivity index (χ3v) is 5.56. The standard InChI is InChI=1S/C20H24N4O4S/c1-3-28-14-8-6-13(7-9-14)20-23-15(12-29-20)18(26)22-11-17(25)24-10-4-5-16(24)19(27)21-2/h6-9,12,16H,3-5,10-11H2,1-2H3,(H,21,27)(H,22,26). The van der Waals surface area contributed by atoms with Gasteiger partial charge in [-0.3, -0.25) is 14.4 Å². The fourth-order valence-corrected chi connectivity index (χ4v) is 4.03. The predicted molar refractivity (Wildman–Crippen MR) is 110 cm³/mol. The van der Waals surface area contributed by atoms with Gasteiger partial charge in [-0.05, 0) is 44.0 Å². The number of hydrogen-bond donors (Lipinski definition) is 2. The van der Waals surface area contributed by atoms with E-state index in [1.165, 1.54) is 16.2 Å². The van der Waals surface area contributed by atoms with Gasteiger partial charge in [0.25, 0.3) is 5.91 Å². The highest BCUT2D eigenvalue weighted by molar-refractivity contribution is 7.13. The van der Waals surface area contributed by atoms with E-state index in [9.17, 15) is 14.4 Å². The lowest BCUT2D eigenvalue weighted by Gasteiger charge is -2.23. The maximum atomic E-state index is 12.4. The van der Waals surface area contributed by atoms with Crippen LogP contribution >= 0.6 is 11.3 Å². The van der Waals surface area contributed by atoms with Crippen molar-refractivity contribution >= 4 is 29.1 Å². The molecule has 3 amide bonds. The second kappa shape index (κ2) is 9.51. The summed E-state index contributed by atoms with van der Waals surface area (Å²) >= 11 is 1.36. The summed E-state index contributed by atoms with van der Waals surface area (Å²) in [6, 6.07) is 7.03. The zero-order chi connectivity index (χ0) is 20.8. The molecule has 2 aromatic rings. The normalized spacial score (nSPS) is 15.8. The average Bonchev–Trinajstić information content (AvgIpc) is 3.42. The zero-order valence-corrected chi connectivity index (χ0v) is 17.3. The van der Waals surface area contributed by atoms with E-state index in [0.717, 1.165) is 17.7 Å². The summed E-state index contributed by atoms with van der Waals surface area (Å²) in [6.07, 6.45) is 1.41. The molecule has 8 nitrogen and oxygen atoms in total. The molecule has 0 saturated carbocycles. The molecule has 0 radical (unpaired) electrons. The van der Waals surface area contributed by atoms with Crippen LogP contribution in [0.3, 0.4) is 0 Å². The number of carbonyl (C=O) groups excluding carboxylic acids is 3. The summed E-state index contributed by atoms with van der Waals surface area (Å²) in [6.45, 7) is 2.88. The summed E-state index contributed by atoms with van der Waals surface area (Å²) in [7, 11) is 1.55. The predicted octanol–water partition coefficient (Wildman–Crippen LogP) is 1.68. The van der Waals surface area contributed by atoms with Crippen molar-refractivity contribution in [2.75, 3.05) is 26.7 Å². The van der Waals surface area contributed by atoms with Crippen LogP contribution in [0.15, 0.2) is 29.6 Å². The van der Waals surface area contributed by atoms with Crippen LogP contribution in [-0.4, -0.2) is 60.4 Å². The molecule has 2 N–H and O–H groups in total. The van der Waals surface area contributed by atoms with Crippen LogP contribution in [0.25, 0.3) is 10.6 Å². The molecular formula is C20H24N4O4S. The van der Waals surface area contributed by atoms with Crippen LogP contribution in [0.4, 0.5) is 0 Å². The Hall–Kier alpha value is -2.94. The number of benzene rings is 1. The molecule has 9 heteroatoms. The Morgan fingerprint density at radius 3 is 2.72 bits per heavy atom. The third kappa shape index (κ3) is 4.92. The van der Waals surface area contributed by atoms with Gasteiger partial charge in [-0.1, -0.05) is 0 Å². The summed E-state index contributed by atoms with van der Waals surface area (Å²) in [4.78, 5) is 42.6. The molecule has 29 heavy (non-hydrogen) atoms. The summed E-state index contributed by atoms with van der Waals surface area (Å²) < 4.78 is 5.42. The first kappa shape index (κ1) is 20.8. The van der Waals surface area contributed by atoms with Crippen molar-refractivity contribution in [2.24, 2.45) is 0 Å². The number of amides is 3. The van der Waals surface area contributed by atoms with Crippen molar-refractivity contribution in [2.45, 2.75) is 25.8 Å². The first-order valence-corrected chi connectivity index (χ1v) is 10.4. The second-order valence-corrected chi connectivity index (χ2v) is 7.40. The van der Waals surface area contributed by atoms with Gasteiger partial charge in [0.2, 0.25) is 11.8 Å². The van der Waals surface area contributed by atoms with Gasteiger partial charge in [0.1, 0.15) is 22.5 Å². The zero-order valence-electron chi connectivity index (χ0n) is 16.4. The van der Waals surface area contributed by atoms with E-state index in [1.54, 1.807) is 12.4 Å². The molecule has 1 aliphatic heterocycles. The number of rotatable bonds is 7. The molecule has 3 rings (SSSR count). The van der Waals surface area contributed by atoms with Crippen LogP contribution in [0.2, 0.25) is 0 Å². The number of likely N-dealkylation sites (tertiary alicyclic amines) is 1. The maximum Gasteiger partial charge on any atom is 0.271 e. The van der Waals surface area contributed by atoms with E-state index < -0.39 is 11.9 Å². The van der Waals surface area contributed by atoms with Crippen molar-refractivity contribution in [3.8, 4) is 16.3 Å². The topological polar surface area (TPSA) is 101 Å². The Bertz CT molecular complexity index is 881. The van der Waals surface area contributed by atoms with Crippen LogP contribution in [0.1, 0.15) is 30.3 Å². The van der Waals surface area contributed by atoms with E-state index >= 15 is 0 Å². The Labute approximate surface area is 173 Å². The second-order valence-electron chi connectivity index (χ2n) is 6.54. The Balaban J connectivity index is 1.57. The van der Waals surface area contributed by atoms with Gasteiger partial charge in [0.05, 0.1) is 13.2 Å². The molecule has 1 saturated heterocycles. The Kier molecular flexibility index (Phi) is 6.82. The minimum atomic E-state index is -0.463. The first-order chi connectivity index (χ1) is 14.0. The van der Waals surface area contributed by atoms with E-state index in [0.29, 0.717) is 24.6 Å². The lowest BCUT2D eigenvalue weighted by Crippen LogP contribution is -2.48. The van der Waals surface area contributed by atoms with Gasteiger partial charge in [-0.2, -0.15) is 0 Å². The van der Waals surface area contributed by atoms with Crippen molar-refractivity contribution in [1.82, 2.24) is 20.5 Å². The lowest BCUT2D eigenvalue weighted by atomic mass is 10.2. The minimum absolute atomic E-state index is 0.164. The highest BCUT2D eigenvalue weighted by atomic mass is 32.1. The molecule has 1 aliphatic rings. The highest BCUT2D eigenvalue weighted by Crippen LogP contribution is 2.26. The Morgan fingerprint density at radius 1 is 1.28 bits per heavy atom. The molecule has 1 unspecified atom stereocenters. The number of nitrogens with zero attached hydrogens (tertiary/aromatic N) is 2. The maximum absolute atomic E-state index is 12.4. The molecule has 1 fully saturated rings. The number of nitrogens with one attached hydrogen (secondary N) is 2. The van der Waals surface area contributed by atoms with Crippen LogP contribution in [0, 0.1) is 0 Å². The van der Waals surface area contributed by atoms with Crippen molar-refractivity contribution in [1.29, 1.82) is 0 Å². The SMILES string of the molecule is CCOc1ccc(-c2nc(C(=O)NCC(=O)N3CCCC3C(=O)NC)cs2)cc1. The monoisotopic (exact) mass is 416 g/mol. The van der Waals surface area contributed by atoms with Crippen molar-refractivity contribution < 1.29 is 19.1 Å². The van der Waals surface area contributed by atoms with Gasteiger partial charge >= 0.3 is 0 Å². The number of thiazole rings is 1. The number of ether oxygens (including phenoxy) is 1. The van der Waals surface area contributed by atoms with Crippen LogP contribution in [0.5, 0.6) is 5.75 Å². The quantitative estimate of drug-likeness (QED) is 0.715. The number of hydrogen-bond acceptors (Lipinski definition) is 6. The van der Waals surface area contributed by atoms with E-state index in [4.69, 9.17) is 4.74 Å². The number of likely N-dealkylation sites (N-methyl/N-ethyl adjacent to an activating group) is 1. The Morgan fingerprint density at radius 2 is 2.03 bits per heavy atom. The molecule has 1 atom stereocenters. The van der Waals surface area contributed by atoms with Crippen molar-refractivity contribution in [3.63, 3.8) is 0 Å². The number of carbonyl (C=O) groups is 3. The first-order valence-electron chi connectivity index (χ1n) is 9.51. The summed E-state index contributed by atoms with van der Waals surface area (Å²) in [5.41, 5.74) is 1.15. The molecule has 1 aromatic carbocycles. The van der Waals surface area contributed by atoms with E-state index in [2.05, 4.69) is 15.6 Å². The third-order valence-electron chi connectivity index (χ3n) is 4.67. The van der Waals surface area contributed by atoms with Gasteiger partial charge in [0, 0.05) is 24.5 Å². The molecule has 0 aliphatic carbocycles. The minimum Gasteiger partial charge on any atom is -0.494 e. The average molecular weight is 417 g/mol. The van der Waals surface area contributed by atoms with Crippen LogP contribution in [-0.2, 0) is 9.59 Å². The smallest absolute Gasteiger partial charge is 0.271 e. The molecule has 2 heterocycles. The van der Waals surface area contributed by atoms with E-state index in [-0.39, 0.29) is 24.1 Å². The lowest BCUT2D eigenvalue weighted by molar-refractivity contribution is -0.137. The molecule has 0 bridgehead atoms. The molecule has 154 valence electrons. The summed E-state index contributed by atoms with van der Waals surface area (Å²) in [5, 5.41) is 7.55. The fraction of sp³-hybridized carbons (Fsp3) is 0.400. The highest BCUT2D eigenvalue weighted by Gasteiger charge is 2.33. The molecule has 1 aromatic heterocycles. The number of aromatic nitrogens is 1. The van der Waals surface area contributed by atoms with Crippen molar-refractivity contribution in [3.05, 3.63) is 35.3 Å². The fourth-order valence-electron chi connectivity index (χ4n) is 3.22. The van der Waals surface area contributed by atoms with Gasteiger partial charge in [0.15, 0.2) is 0 Å². The van der Waals surface area contributed by atoms with Gasteiger partial charge in [-0.15, -0.1) is 11.3 Å². The largest absolute Gasteiger partial charge is 0.494 e.